The Morgan fingerprint density at radius 2 is 1.68 bits per heavy atom. The van der Waals surface area contributed by atoms with Crippen LogP contribution in [-0.4, -0.2) is 20.6 Å². The Morgan fingerprint density at radius 3 is 2.36 bits per heavy atom. The predicted molar refractivity (Wildman–Crippen MR) is 109 cm³/mol. The van der Waals surface area contributed by atoms with E-state index in [2.05, 4.69) is 46.9 Å². The smallest absolute Gasteiger partial charge is 0.0517 e. The molecule has 0 saturated carbocycles. The van der Waals surface area contributed by atoms with Gasteiger partial charge in [-0.15, -0.1) is 0 Å². The van der Waals surface area contributed by atoms with Gasteiger partial charge in [0, 0.05) is 32.0 Å². The lowest BCUT2D eigenvalue weighted by Crippen LogP contribution is -2.35. The molecule has 0 heterocycles. The van der Waals surface area contributed by atoms with Crippen LogP contribution in [0.1, 0.15) is 0 Å². The minimum absolute atomic E-state index is 0.685. The topological polar surface area (TPSA) is 39.3 Å². The summed E-state index contributed by atoms with van der Waals surface area (Å²) >= 11 is 0. The molecule has 25 heavy (non-hydrogen) atoms. The monoisotopic (exact) mass is 334 g/mol. The highest BCUT2D eigenvalue weighted by molar-refractivity contribution is 5.62. The largest absolute Gasteiger partial charge is 0.394 e. The summed E-state index contributed by atoms with van der Waals surface area (Å²) < 4.78 is 0. The van der Waals surface area contributed by atoms with Crippen LogP contribution in [0.4, 0.5) is 17.1 Å². The number of hydrazine groups is 1. The minimum atomic E-state index is 0.685. The standard InChI is InChI=1S/C21H26N4/c1-18(9-7-8-16-22-2)17-23-25(3)21-14-12-20(13-15-21)24-19-10-5-4-6-11-19/h4-16,22-24H,1,17H2,2-3H3/b9-7-,16-8-. The van der Waals surface area contributed by atoms with Gasteiger partial charge in [0.05, 0.1) is 5.69 Å². The van der Waals surface area contributed by atoms with Crippen molar-refractivity contribution in [2.45, 2.75) is 0 Å². The Bertz CT molecular complexity index is 702. The molecule has 0 aliphatic heterocycles. The number of nitrogens with zero attached hydrogens (tertiary/aromatic N) is 1. The van der Waals surface area contributed by atoms with Crippen molar-refractivity contribution in [2.24, 2.45) is 0 Å². The first kappa shape index (κ1) is 18.4. The summed E-state index contributed by atoms with van der Waals surface area (Å²) in [6, 6.07) is 18.4. The predicted octanol–water partition coefficient (Wildman–Crippen LogP) is 4.22. The SMILES string of the molecule is C=C(/C=C\C=C/NC)CNN(C)c1ccc(Nc2ccccc2)cc1. The van der Waals surface area contributed by atoms with Crippen LogP contribution < -0.4 is 21.1 Å². The lowest BCUT2D eigenvalue weighted by atomic mass is 10.2. The van der Waals surface area contributed by atoms with Crippen LogP contribution in [0.3, 0.4) is 0 Å². The second-order valence-corrected chi connectivity index (χ2v) is 5.60. The summed E-state index contributed by atoms with van der Waals surface area (Å²) in [6.07, 6.45) is 7.76. The zero-order valence-electron chi connectivity index (χ0n) is 14.9. The third-order valence-corrected chi connectivity index (χ3v) is 3.57. The number of benzene rings is 2. The second kappa shape index (κ2) is 10.0. The quantitative estimate of drug-likeness (QED) is 0.474. The van der Waals surface area contributed by atoms with Gasteiger partial charge in [0.2, 0.25) is 0 Å². The van der Waals surface area contributed by atoms with Gasteiger partial charge in [0.25, 0.3) is 0 Å². The third-order valence-electron chi connectivity index (χ3n) is 3.57. The van der Waals surface area contributed by atoms with Crippen molar-refractivity contribution in [1.29, 1.82) is 0 Å². The van der Waals surface area contributed by atoms with Gasteiger partial charge in [-0.25, -0.2) is 5.43 Å². The normalized spacial score (nSPS) is 11.0. The summed E-state index contributed by atoms with van der Waals surface area (Å²) in [7, 11) is 3.87. The fraction of sp³-hybridized carbons (Fsp3) is 0.143. The molecule has 0 radical (unpaired) electrons. The van der Waals surface area contributed by atoms with Crippen LogP contribution in [0, 0.1) is 0 Å². The van der Waals surface area contributed by atoms with Gasteiger partial charge in [-0.1, -0.05) is 36.9 Å². The number of nitrogens with one attached hydrogen (secondary N) is 3. The maximum absolute atomic E-state index is 4.04. The molecule has 0 aliphatic carbocycles. The first-order valence-electron chi connectivity index (χ1n) is 8.26. The molecule has 130 valence electrons. The van der Waals surface area contributed by atoms with Crippen LogP contribution in [0.2, 0.25) is 0 Å². The van der Waals surface area contributed by atoms with Crippen molar-refractivity contribution in [2.75, 3.05) is 31.0 Å². The van der Waals surface area contributed by atoms with E-state index in [1.165, 1.54) is 0 Å². The van der Waals surface area contributed by atoms with E-state index in [1.54, 1.807) is 0 Å². The lowest BCUT2D eigenvalue weighted by molar-refractivity contribution is 0.729. The molecule has 3 N–H and O–H groups in total. The Morgan fingerprint density at radius 1 is 1.00 bits per heavy atom. The van der Waals surface area contributed by atoms with Crippen LogP contribution in [0.5, 0.6) is 0 Å². The molecule has 0 aliphatic rings. The van der Waals surface area contributed by atoms with Crippen molar-refractivity contribution in [3.63, 3.8) is 0 Å². The highest BCUT2D eigenvalue weighted by Crippen LogP contribution is 2.19. The summed E-state index contributed by atoms with van der Waals surface area (Å²) in [5.74, 6) is 0. The number of allylic oxidation sites excluding steroid dienone is 2. The van der Waals surface area contributed by atoms with Gasteiger partial charge in [-0.2, -0.15) is 0 Å². The number of rotatable bonds is 9. The average Bonchev–Trinajstić information content (AvgIpc) is 2.65. The fourth-order valence-electron chi connectivity index (χ4n) is 2.17. The van der Waals surface area contributed by atoms with E-state index in [0.717, 1.165) is 22.6 Å². The van der Waals surface area contributed by atoms with Gasteiger partial charge in [0.1, 0.15) is 0 Å². The summed E-state index contributed by atoms with van der Waals surface area (Å²) in [5.41, 5.74) is 7.57. The molecule has 0 amide bonds. The Balaban J connectivity index is 1.83. The van der Waals surface area contributed by atoms with E-state index in [9.17, 15) is 0 Å². The van der Waals surface area contributed by atoms with E-state index in [1.807, 2.05) is 73.9 Å². The van der Waals surface area contributed by atoms with E-state index in [-0.39, 0.29) is 0 Å². The molecule has 0 spiro atoms. The van der Waals surface area contributed by atoms with Gasteiger partial charge < -0.3 is 15.6 Å². The summed E-state index contributed by atoms with van der Waals surface area (Å²) in [5, 5.41) is 8.32. The van der Waals surface area contributed by atoms with Crippen molar-refractivity contribution in [3.05, 3.63) is 91.2 Å². The Labute approximate surface area is 150 Å². The number of para-hydroxylation sites is 1. The van der Waals surface area contributed by atoms with Crippen molar-refractivity contribution in [1.82, 2.24) is 10.7 Å². The average molecular weight is 334 g/mol. The zero-order valence-corrected chi connectivity index (χ0v) is 14.9. The fourth-order valence-corrected chi connectivity index (χ4v) is 2.17. The molecule has 0 atom stereocenters. The van der Waals surface area contributed by atoms with E-state index in [4.69, 9.17) is 0 Å². The highest BCUT2D eigenvalue weighted by atomic mass is 15.5. The molecule has 0 saturated heterocycles. The Kier molecular flexibility index (Phi) is 7.35. The molecule has 4 heteroatoms. The maximum atomic E-state index is 4.04. The van der Waals surface area contributed by atoms with Crippen LogP contribution in [0.15, 0.2) is 91.2 Å². The summed E-state index contributed by atoms with van der Waals surface area (Å²) in [4.78, 5) is 0. The maximum Gasteiger partial charge on any atom is 0.0517 e. The number of hydrogen-bond donors (Lipinski definition) is 3. The third kappa shape index (κ3) is 6.57. The number of anilines is 3. The van der Waals surface area contributed by atoms with Crippen molar-refractivity contribution in [3.8, 4) is 0 Å². The van der Waals surface area contributed by atoms with E-state index in [0.29, 0.717) is 6.54 Å². The summed E-state index contributed by atoms with van der Waals surface area (Å²) in [6.45, 7) is 4.72. The van der Waals surface area contributed by atoms with Gasteiger partial charge in [-0.05, 0) is 54.2 Å². The van der Waals surface area contributed by atoms with Crippen LogP contribution >= 0.6 is 0 Å². The highest BCUT2D eigenvalue weighted by Gasteiger charge is 2.01. The molecule has 0 bridgehead atoms. The van der Waals surface area contributed by atoms with Crippen LogP contribution in [-0.2, 0) is 0 Å². The first-order chi connectivity index (χ1) is 12.2. The minimum Gasteiger partial charge on any atom is -0.394 e. The molecule has 0 fully saturated rings. The van der Waals surface area contributed by atoms with Crippen molar-refractivity contribution < 1.29 is 0 Å². The lowest BCUT2D eigenvalue weighted by Gasteiger charge is -2.21. The van der Waals surface area contributed by atoms with E-state index >= 15 is 0 Å². The molecule has 2 aromatic carbocycles. The molecule has 4 nitrogen and oxygen atoms in total. The molecular formula is C21H26N4. The van der Waals surface area contributed by atoms with Gasteiger partial charge in [-0.3, -0.25) is 0 Å². The zero-order chi connectivity index (χ0) is 17.9. The Hall–Kier alpha value is -2.98. The van der Waals surface area contributed by atoms with Crippen LogP contribution in [0.25, 0.3) is 0 Å². The van der Waals surface area contributed by atoms with Gasteiger partial charge >= 0.3 is 0 Å². The second-order valence-electron chi connectivity index (χ2n) is 5.60. The molecule has 0 aromatic heterocycles. The molecule has 0 unspecified atom stereocenters. The van der Waals surface area contributed by atoms with Gasteiger partial charge in [0.15, 0.2) is 0 Å². The molecular weight excluding hydrogens is 308 g/mol. The first-order valence-corrected chi connectivity index (χ1v) is 8.26. The van der Waals surface area contributed by atoms with Crippen molar-refractivity contribution >= 4 is 17.1 Å². The number of hydrogen-bond acceptors (Lipinski definition) is 4. The molecule has 2 aromatic rings. The van der Waals surface area contributed by atoms with E-state index < -0.39 is 0 Å². The molecule has 2 rings (SSSR count).